The number of nitrogens with zero attached hydrogens (tertiary/aromatic N) is 1. The third-order valence-corrected chi connectivity index (χ3v) is 5.83. The Morgan fingerprint density at radius 1 is 1.00 bits per heavy atom. The minimum atomic E-state index is -0.859. The zero-order valence-corrected chi connectivity index (χ0v) is 17.7. The fraction of sp³-hybridized carbons (Fsp3) is 0.320. The van der Waals surface area contributed by atoms with Crippen molar-refractivity contribution in [3.05, 3.63) is 93.8 Å². The summed E-state index contributed by atoms with van der Waals surface area (Å²) in [5.74, 6) is -0.498. The Balaban J connectivity index is 1.81. The summed E-state index contributed by atoms with van der Waals surface area (Å²) in [6.45, 7) is 10.2. The molecule has 0 radical (unpaired) electrons. The maximum Gasteiger partial charge on any atom is 0.337 e. The van der Waals surface area contributed by atoms with Crippen molar-refractivity contribution in [1.29, 1.82) is 0 Å². The monoisotopic (exact) mass is 390 g/mol. The van der Waals surface area contributed by atoms with Crippen LogP contribution in [0, 0.1) is 20.8 Å². The first kappa shape index (κ1) is 20.9. The number of hydrogen-bond donors (Lipinski definition) is 2. The molecule has 1 aromatic heterocycles. The SMILES string of the molecule is Cc1ccccc1Cn1c(C)c(CNCC(C)c2ccccc2)c(C(=O)O)c1C. The highest BCUT2D eigenvalue weighted by atomic mass is 16.4. The highest BCUT2D eigenvalue weighted by molar-refractivity contribution is 5.91. The van der Waals surface area contributed by atoms with E-state index in [1.165, 1.54) is 16.7 Å². The van der Waals surface area contributed by atoms with Crippen LogP contribution in [0.3, 0.4) is 0 Å². The second-order valence-electron chi connectivity index (χ2n) is 7.78. The summed E-state index contributed by atoms with van der Waals surface area (Å²) >= 11 is 0. The molecule has 2 aromatic carbocycles. The Morgan fingerprint density at radius 3 is 2.31 bits per heavy atom. The Morgan fingerprint density at radius 2 is 1.66 bits per heavy atom. The topological polar surface area (TPSA) is 54.3 Å². The lowest BCUT2D eigenvalue weighted by Gasteiger charge is -2.14. The molecule has 3 rings (SSSR count). The fourth-order valence-electron chi connectivity index (χ4n) is 3.96. The predicted octanol–water partition coefficient (Wildman–Crippen LogP) is 5.05. The highest BCUT2D eigenvalue weighted by Gasteiger charge is 2.22. The molecule has 4 nitrogen and oxygen atoms in total. The number of carboxylic acids is 1. The van der Waals surface area contributed by atoms with Gasteiger partial charge in [-0.3, -0.25) is 0 Å². The number of benzene rings is 2. The minimum absolute atomic E-state index is 0.361. The van der Waals surface area contributed by atoms with Crippen LogP contribution in [0.15, 0.2) is 54.6 Å². The summed E-state index contributed by atoms with van der Waals surface area (Å²) in [5.41, 5.74) is 6.84. The summed E-state index contributed by atoms with van der Waals surface area (Å²) in [6, 6.07) is 18.6. The molecule has 0 bridgehead atoms. The van der Waals surface area contributed by atoms with Gasteiger partial charge in [0.25, 0.3) is 0 Å². The molecule has 0 amide bonds. The summed E-state index contributed by atoms with van der Waals surface area (Å²) in [5, 5.41) is 13.3. The van der Waals surface area contributed by atoms with E-state index in [1.54, 1.807) is 0 Å². The van der Waals surface area contributed by atoms with Crippen LogP contribution in [0.4, 0.5) is 0 Å². The molecule has 0 aliphatic rings. The van der Waals surface area contributed by atoms with Crippen molar-refractivity contribution in [3.63, 3.8) is 0 Å². The maximum absolute atomic E-state index is 12.0. The molecule has 152 valence electrons. The number of hydrogen-bond acceptors (Lipinski definition) is 2. The van der Waals surface area contributed by atoms with Crippen molar-refractivity contribution < 1.29 is 9.90 Å². The molecular formula is C25H30N2O2. The van der Waals surface area contributed by atoms with Crippen molar-refractivity contribution in [2.75, 3.05) is 6.54 Å². The predicted molar refractivity (Wildman–Crippen MR) is 118 cm³/mol. The number of carboxylic acid groups (broad SMARTS) is 1. The van der Waals surface area contributed by atoms with E-state index in [-0.39, 0.29) is 0 Å². The van der Waals surface area contributed by atoms with Gasteiger partial charge < -0.3 is 15.0 Å². The van der Waals surface area contributed by atoms with Crippen LogP contribution in [0.25, 0.3) is 0 Å². The van der Waals surface area contributed by atoms with E-state index in [4.69, 9.17) is 0 Å². The number of aromatic carboxylic acids is 1. The molecule has 1 unspecified atom stereocenters. The van der Waals surface area contributed by atoms with Crippen LogP contribution in [-0.4, -0.2) is 22.2 Å². The summed E-state index contributed by atoms with van der Waals surface area (Å²) in [6.07, 6.45) is 0. The van der Waals surface area contributed by atoms with Crippen molar-refractivity contribution >= 4 is 5.97 Å². The van der Waals surface area contributed by atoms with Crippen LogP contribution in [-0.2, 0) is 13.1 Å². The fourth-order valence-corrected chi connectivity index (χ4v) is 3.96. The van der Waals surface area contributed by atoms with E-state index >= 15 is 0 Å². The third-order valence-electron chi connectivity index (χ3n) is 5.83. The highest BCUT2D eigenvalue weighted by Crippen LogP contribution is 2.25. The first-order valence-corrected chi connectivity index (χ1v) is 10.1. The van der Waals surface area contributed by atoms with Gasteiger partial charge in [0.05, 0.1) is 5.56 Å². The first-order valence-electron chi connectivity index (χ1n) is 10.1. The van der Waals surface area contributed by atoms with Gasteiger partial charge >= 0.3 is 5.97 Å². The number of aromatic nitrogens is 1. The average Bonchev–Trinajstić information content (AvgIpc) is 2.94. The molecule has 1 heterocycles. The van der Waals surface area contributed by atoms with E-state index < -0.39 is 5.97 Å². The summed E-state index contributed by atoms with van der Waals surface area (Å²) in [4.78, 5) is 12.0. The number of carbonyl (C=O) groups is 1. The zero-order valence-electron chi connectivity index (χ0n) is 17.7. The standard InChI is InChI=1S/C25H30N2O2/c1-17-10-8-9-13-22(17)16-27-19(3)23(24(20(27)4)25(28)29)15-26-14-18(2)21-11-6-5-7-12-21/h5-13,18,26H,14-16H2,1-4H3,(H,28,29). The lowest BCUT2D eigenvalue weighted by Crippen LogP contribution is -2.21. The van der Waals surface area contributed by atoms with Crippen molar-refractivity contribution in [2.45, 2.75) is 46.7 Å². The van der Waals surface area contributed by atoms with Crippen LogP contribution >= 0.6 is 0 Å². The minimum Gasteiger partial charge on any atom is -0.478 e. The van der Waals surface area contributed by atoms with Gasteiger partial charge in [-0.1, -0.05) is 61.5 Å². The molecule has 0 aliphatic heterocycles. The molecule has 4 heteroatoms. The van der Waals surface area contributed by atoms with Crippen molar-refractivity contribution in [2.24, 2.45) is 0 Å². The van der Waals surface area contributed by atoms with E-state index in [0.717, 1.165) is 23.5 Å². The van der Waals surface area contributed by atoms with Gasteiger partial charge in [0.1, 0.15) is 0 Å². The van der Waals surface area contributed by atoms with E-state index in [1.807, 2.05) is 44.2 Å². The van der Waals surface area contributed by atoms with Crippen LogP contribution in [0.1, 0.15) is 56.8 Å². The second-order valence-corrected chi connectivity index (χ2v) is 7.78. The molecule has 0 saturated heterocycles. The second kappa shape index (κ2) is 9.10. The molecule has 0 spiro atoms. The van der Waals surface area contributed by atoms with Gasteiger partial charge in [0.2, 0.25) is 0 Å². The molecule has 0 fully saturated rings. The third kappa shape index (κ3) is 4.60. The Bertz CT molecular complexity index is 990. The van der Waals surface area contributed by atoms with E-state index in [9.17, 15) is 9.90 Å². The molecule has 29 heavy (non-hydrogen) atoms. The molecular weight excluding hydrogens is 360 g/mol. The normalized spacial score (nSPS) is 12.1. The molecule has 3 aromatic rings. The average molecular weight is 391 g/mol. The molecule has 0 saturated carbocycles. The number of rotatable bonds is 8. The molecule has 0 aliphatic carbocycles. The zero-order chi connectivity index (χ0) is 21.0. The maximum atomic E-state index is 12.0. The van der Waals surface area contributed by atoms with Gasteiger partial charge in [-0.05, 0) is 43.4 Å². The lowest BCUT2D eigenvalue weighted by atomic mass is 10.0. The molecule has 2 N–H and O–H groups in total. The van der Waals surface area contributed by atoms with Crippen LogP contribution in [0.2, 0.25) is 0 Å². The lowest BCUT2D eigenvalue weighted by molar-refractivity contribution is 0.0694. The summed E-state index contributed by atoms with van der Waals surface area (Å²) in [7, 11) is 0. The van der Waals surface area contributed by atoms with Crippen molar-refractivity contribution in [3.8, 4) is 0 Å². The molecule has 1 atom stereocenters. The Labute approximate surface area is 173 Å². The van der Waals surface area contributed by atoms with Gasteiger partial charge in [-0.15, -0.1) is 0 Å². The van der Waals surface area contributed by atoms with Gasteiger partial charge in [-0.2, -0.15) is 0 Å². The first-order chi connectivity index (χ1) is 13.9. The van der Waals surface area contributed by atoms with E-state index in [0.29, 0.717) is 24.6 Å². The Hall–Kier alpha value is -2.85. The van der Waals surface area contributed by atoms with E-state index in [2.05, 4.69) is 48.0 Å². The summed E-state index contributed by atoms with van der Waals surface area (Å²) < 4.78 is 2.13. The quantitative estimate of drug-likeness (QED) is 0.566. The van der Waals surface area contributed by atoms with Crippen LogP contribution in [0.5, 0.6) is 0 Å². The largest absolute Gasteiger partial charge is 0.478 e. The Kier molecular flexibility index (Phi) is 6.55. The number of nitrogens with one attached hydrogen (secondary N) is 1. The van der Waals surface area contributed by atoms with Gasteiger partial charge in [0, 0.05) is 36.6 Å². The smallest absolute Gasteiger partial charge is 0.337 e. The van der Waals surface area contributed by atoms with Gasteiger partial charge in [0.15, 0.2) is 0 Å². The van der Waals surface area contributed by atoms with Crippen molar-refractivity contribution in [1.82, 2.24) is 9.88 Å². The van der Waals surface area contributed by atoms with Gasteiger partial charge in [-0.25, -0.2) is 4.79 Å². The van der Waals surface area contributed by atoms with Crippen LogP contribution < -0.4 is 5.32 Å². The number of aryl methyl sites for hydroxylation is 1.